The van der Waals surface area contributed by atoms with Gasteiger partial charge in [0, 0.05) is 32.2 Å². The molecule has 0 aliphatic carbocycles. The van der Waals surface area contributed by atoms with Gasteiger partial charge in [-0.2, -0.15) is 0 Å². The lowest BCUT2D eigenvalue weighted by Crippen LogP contribution is -2.52. The van der Waals surface area contributed by atoms with Gasteiger partial charge in [-0.3, -0.25) is 4.90 Å². The van der Waals surface area contributed by atoms with Gasteiger partial charge in [0.25, 0.3) is 0 Å². The van der Waals surface area contributed by atoms with Crippen LogP contribution < -0.4 is 5.73 Å². The van der Waals surface area contributed by atoms with Gasteiger partial charge in [0.2, 0.25) is 0 Å². The van der Waals surface area contributed by atoms with E-state index >= 15 is 0 Å². The van der Waals surface area contributed by atoms with Gasteiger partial charge in [-0.05, 0) is 25.6 Å². The first-order valence-corrected chi connectivity index (χ1v) is 5.79. The Morgan fingerprint density at radius 1 is 1.20 bits per heavy atom. The third kappa shape index (κ3) is 3.21. The molecule has 0 aromatic rings. The van der Waals surface area contributed by atoms with Crippen LogP contribution in [0.5, 0.6) is 0 Å². The summed E-state index contributed by atoms with van der Waals surface area (Å²) in [4.78, 5) is 4.94. The Labute approximate surface area is 93.9 Å². The third-order valence-electron chi connectivity index (χ3n) is 3.69. The van der Waals surface area contributed by atoms with Crippen LogP contribution >= 0.6 is 0 Å². The van der Waals surface area contributed by atoms with Crippen molar-refractivity contribution in [2.45, 2.75) is 26.8 Å². The molecule has 0 unspecified atom stereocenters. The second-order valence-corrected chi connectivity index (χ2v) is 5.20. The van der Waals surface area contributed by atoms with E-state index in [-0.39, 0.29) is 5.41 Å². The van der Waals surface area contributed by atoms with E-state index in [2.05, 4.69) is 43.7 Å². The Kier molecular flexibility index (Phi) is 4.17. The Balaban J connectivity index is 2.56. The summed E-state index contributed by atoms with van der Waals surface area (Å²) in [7, 11) is 2.19. The monoisotopic (exact) mass is 211 g/mol. The molecule has 88 valence electrons. The topological polar surface area (TPSA) is 32.5 Å². The van der Waals surface area contributed by atoms with E-state index < -0.39 is 0 Å². The van der Waals surface area contributed by atoms with Crippen molar-refractivity contribution in [3.63, 3.8) is 0 Å². The molecule has 0 bridgehead atoms. The molecule has 0 radical (unpaired) electrons. The minimum Gasteiger partial charge on any atom is -0.405 e. The molecule has 1 aliphatic rings. The summed E-state index contributed by atoms with van der Waals surface area (Å²) in [6.45, 7) is 11.5. The van der Waals surface area contributed by atoms with Crippen molar-refractivity contribution < 1.29 is 0 Å². The highest BCUT2D eigenvalue weighted by atomic mass is 15.3. The molecular weight excluding hydrogens is 186 g/mol. The highest BCUT2D eigenvalue weighted by molar-refractivity contribution is 4.99. The molecule has 3 nitrogen and oxygen atoms in total. The number of piperazine rings is 1. The first kappa shape index (κ1) is 12.5. The van der Waals surface area contributed by atoms with E-state index in [1.54, 1.807) is 6.20 Å². The van der Waals surface area contributed by atoms with Crippen molar-refractivity contribution >= 4 is 0 Å². The minimum absolute atomic E-state index is 0.157. The summed E-state index contributed by atoms with van der Waals surface area (Å²) in [5, 5.41) is 0. The van der Waals surface area contributed by atoms with Gasteiger partial charge < -0.3 is 10.6 Å². The molecular formula is C12H25N3. The maximum Gasteiger partial charge on any atom is 0.0154 e. The predicted octanol–water partition coefficient (Wildman–Crippen LogP) is 1.12. The van der Waals surface area contributed by atoms with Crippen LogP contribution in [0.3, 0.4) is 0 Å². The molecule has 1 fully saturated rings. The summed E-state index contributed by atoms with van der Waals surface area (Å²) >= 11 is 0. The van der Waals surface area contributed by atoms with Crippen LogP contribution in [0.1, 0.15) is 20.8 Å². The molecule has 0 amide bonds. The fraction of sp³-hybridized carbons (Fsp3) is 0.833. The van der Waals surface area contributed by atoms with E-state index in [0.29, 0.717) is 6.04 Å². The van der Waals surface area contributed by atoms with Gasteiger partial charge in [0.05, 0.1) is 0 Å². The highest BCUT2D eigenvalue weighted by Gasteiger charge is 2.29. The van der Waals surface area contributed by atoms with Crippen molar-refractivity contribution in [1.29, 1.82) is 0 Å². The average molecular weight is 211 g/mol. The molecule has 15 heavy (non-hydrogen) atoms. The number of likely N-dealkylation sites (N-methyl/N-ethyl adjacent to an activating group) is 1. The lowest BCUT2D eigenvalue weighted by Gasteiger charge is -2.42. The zero-order valence-corrected chi connectivity index (χ0v) is 10.5. The normalized spacial score (nSPS) is 23.5. The zero-order valence-electron chi connectivity index (χ0n) is 10.5. The maximum atomic E-state index is 5.50. The summed E-state index contributed by atoms with van der Waals surface area (Å²) in [5.41, 5.74) is 5.65. The van der Waals surface area contributed by atoms with Crippen molar-refractivity contribution in [2.75, 3.05) is 33.2 Å². The largest absolute Gasteiger partial charge is 0.405 e. The lowest BCUT2D eigenvalue weighted by molar-refractivity contribution is 0.0751. The third-order valence-corrected chi connectivity index (χ3v) is 3.69. The average Bonchev–Trinajstić information content (AvgIpc) is 2.18. The van der Waals surface area contributed by atoms with Gasteiger partial charge in [0.15, 0.2) is 0 Å². The van der Waals surface area contributed by atoms with Gasteiger partial charge in [-0.25, -0.2) is 0 Å². The second kappa shape index (κ2) is 4.99. The standard InChI is InChI=1S/C12H25N3/c1-11(12(2,3)5-6-13)15-9-7-14(4)8-10-15/h5-6,11H,7-10,13H2,1-4H3/b6-5+/t11-/m0/s1. The molecule has 0 spiro atoms. The SMILES string of the molecule is C[C@H](N1CCN(C)CC1)C(C)(C)/C=C/N. The number of nitrogens with zero attached hydrogens (tertiary/aromatic N) is 2. The Hall–Kier alpha value is -0.540. The number of rotatable bonds is 3. The first-order valence-electron chi connectivity index (χ1n) is 5.79. The molecule has 1 atom stereocenters. The van der Waals surface area contributed by atoms with Crippen LogP contribution in [0.4, 0.5) is 0 Å². The Bertz CT molecular complexity index is 215. The Morgan fingerprint density at radius 2 is 1.73 bits per heavy atom. The molecule has 1 aliphatic heterocycles. The molecule has 0 aromatic carbocycles. The summed E-state index contributed by atoms with van der Waals surface area (Å²) in [5.74, 6) is 0. The van der Waals surface area contributed by atoms with Crippen molar-refractivity contribution in [3.05, 3.63) is 12.3 Å². The van der Waals surface area contributed by atoms with Crippen molar-refractivity contribution in [3.8, 4) is 0 Å². The molecule has 3 heteroatoms. The van der Waals surface area contributed by atoms with E-state index in [9.17, 15) is 0 Å². The number of hydrogen-bond acceptors (Lipinski definition) is 3. The summed E-state index contributed by atoms with van der Waals surface area (Å²) in [6, 6.07) is 0.547. The Morgan fingerprint density at radius 3 is 2.20 bits per heavy atom. The molecule has 2 N–H and O–H groups in total. The molecule has 1 rings (SSSR count). The minimum atomic E-state index is 0.157. The van der Waals surface area contributed by atoms with Crippen LogP contribution in [0, 0.1) is 5.41 Å². The van der Waals surface area contributed by atoms with Crippen LogP contribution in [0.15, 0.2) is 12.3 Å². The molecule has 1 heterocycles. The van der Waals surface area contributed by atoms with E-state index in [1.165, 1.54) is 26.2 Å². The van der Waals surface area contributed by atoms with Crippen molar-refractivity contribution in [2.24, 2.45) is 11.1 Å². The summed E-state index contributed by atoms with van der Waals surface area (Å²) in [6.07, 6.45) is 3.78. The predicted molar refractivity (Wildman–Crippen MR) is 65.6 cm³/mol. The van der Waals surface area contributed by atoms with Gasteiger partial charge in [-0.1, -0.05) is 19.9 Å². The first-order chi connectivity index (χ1) is 6.97. The summed E-state index contributed by atoms with van der Waals surface area (Å²) < 4.78 is 0. The fourth-order valence-electron chi connectivity index (χ4n) is 2.07. The number of nitrogens with two attached hydrogens (primary N) is 1. The smallest absolute Gasteiger partial charge is 0.0154 e. The fourth-order valence-corrected chi connectivity index (χ4v) is 2.07. The highest BCUT2D eigenvalue weighted by Crippen LogP contribution is 2.26. The molecule has 1 saturated heterocycles. The maximum absolute atomic E-state index is 5.50. The van der Waals surface area contributed by atoms with E-state index in [0.717, 1.165) is 0 Å². The van der Waals surface area contributed by atoms with E-state index in [4.69, 9.17) is 5.73 Å². The number of hydrogen-bond donors (Lipinski definition) is 1. The quantitative estimate of drug-likeness (QED) is 0.759. The van der Waals surface area contributed by atoms with Gasteiger partial charge in [0.1, 0.15) is 0 Å². The lowest BCUT2D eigenvalue weighted by atomic mass is 9.84. The van der Waals surface area contributed by atoms with Crippen molar-refractivity contribution in [1.82, 2.24) is 9.80 Å². The van der Waals surface area contributed by atoms with Crippen LogP contribution in [0.25, 0.3) is 0 Å². The molecule has 0 aromatic heterocycles. The van der Waals surface area contributed by atoms with Crippen LogP contribution in [-0.4, -0.2) is 49.1 Å². The second-order valence-electron chi connectivity index (χ2n) is 5.20. The zero-order chi connectivity index (χ0) is 11.5. The molecule has 0 saturated carbocycles. The van der Waals surface area contributed by atoms with Crippen LogP contribution in [0.2, 0.25) is 0 Å². The van der Waals surface area contributed by atoms with E-state index in [1.807, 2.05) is 0 Å². The van der Waals surface area contributed by atoms with Crippen LogP contribution in [-0.2, 0) is 0 Å². The van der Waals surface area contributed by atoms with Gasteiger partial charge in [-0.15, -0.1) is 0 Å². The van der Waals surface area contributed by atoms with Gasteiger partial charge >= 0.3 is 0 Å².